The summed E-state index contributed by atoms with van der Waals surface area (Å²) in [5.41, 5.74) is 1.86. The number of carbonyl (C=O) groups is 1. The molecule has 2 heterocycles. The number of fused-ring (bicyclic) bond motifs is 1. The van der Waals surface area contributed by atoms with Crippen molar-refractivity contribution >= 4 is 5.91 Å². The monoisotopic (exact) mass is 444 g/mol. The topological polar surface area (TPSA) is 89.1 Å². The number of para-hydroxylation sites is 1. The van der Waals surface area contributed by atoms with Gasteiger partial charge in [0.05, 0.1) is 31.8 Å². The molecule has 0 saturated carbocycles. The van der Waals surface area contributed by atoms with Gasteiger partial charge in [0.1, 0.15) is 23.8 Å². The summed E-state index contributed by atoms with van der Waals surface area (Å²) in [7, 11) is 1.64. The molecule has 0 bridgehead atoms. The lowest BCUT2D eigenvalue weighted by Gasteiger charge is -2.20. The third kappa shape index (κ3) is 5.45. The Kier molecular flexibility index (Phi) is 7.36. The lowest BCUT2D eigenvalue weighted by atomic mass is 10.1. The van der Waals surface area contributed by atoms with Crippen molar-refractivity contribution in [3.63, 3.8) is 0 Å². The van der Waals surface area contributed by atoms with Crippen molar-refractivity contribution in [3.8, 4) is 5.75 Å². The Morgan fingerprint density at radius 3 is 2.69 bits per heavy atom. The van der Waals surface area contributed by atoms with E-state index in [1.54, 1.807) is 19.2 Å². The Morgan fingerprint density at radius 2 is 1.94 bits per heavy atom. The van der Waals surface area contributed by atoms with E-state index in [9.17, 15) is 14.3 Å². The Balaban J connectivity index is 1.19. The summed E-state index contributed by atoms with van der Waals surface area (Å²) in [4.78, 5) is 12.2. The number of carbonyl (C=O) groups excluding carboxylic acids is 1. The first-order valence-electron chi connectivity index (χ1n) is 10.9. The number of rotatable bonds is 9. The Morgan fingerprint density at radius 1 is 1.16 bits per heavy atom. The first-order chi connectivity index (χ1) is 15.5. The predicted octanol–water partition coefficient (Wildman–Crippen LogP) is 1.92. The average molecular weight is 445 g/mol. The summed E-state index contributed by atoms with van der Waals surface area (Å²) < 4.78 is 30.3. The smallest absolute Gasteiger partial charge is 0.222 e. The first kappa shape index (κ1) is 22.7. The van der Waals surface area contributed by atoms with Crippen LogP contribution in [0.3, 0.4) is 0 Å². The highest BCUT2D eigenvalue weighted by molar-refractivity contribution is 5.76. The van der Waals surface area contributed by atoms with Crippen LogP contribution in [0.4, 0.5) is 4.39 Å². The Labute approximate surface area is 186 Å². The molecule has 32 heavy (non-hydrogen) atoms. The SMILES string of the molecule is COc1ccccc1CNCC1OC2CC(CC(=O)NCc3ccc(F)cc3)OC2C1O. The van der Waals surface area contributed by atoms with Gasteiger partial charge in [-0.2, -0.15) is 0 Å². The number of aliphatic hydroxyl groups excluding tert-OH is 1. The van der Waals surface area contributed by atoms with Crippen LogP contribution in [-0.4, -0.2) is 55.2 Å². The van der Waals surface area contributed by atoms with E-state index in [-0.39, 0.29) is 36.5 Å². The second-order valence-corrected chi connectivity index (χ2v) is 8.21. The molecule has 0 radical (unpaired) electrons. The molecule has 2 aromatic rings. The van der Waals surface area contributed by atoms with Crippen LogP contribution in [-0.2, 0) is 27.4 Å². The van der Waals surface area contributed by atoms with Crippen molar-refractivity contribution in [2.24, 2.45) is 0 Å². The number of hydrogen-bond donors (Lipinski definition) is 3. The van der Waals surface area contributed by atoms with Crippen LogP contribution in [0.15, 0.2) is 48.5 Å². The quantitative estimate of drug-likeness (QED) is 0.548. The molecule has 0 aromatic heterocycles. The zero-order chi connectivity index (χ0) is 22.5. The zero-order valence-corrected chi connectivity index (χ0v) is 18.0. The highest BCUT2D eigenvalue weighted by Crippen LogP contribution is 2.35. The third-order valence-corrected chi connectivity index (χ3v) is 5.95. The number of aliphatic hydroxyl groups is 1. The maximum absolute atomic E-state index is 13.0. The molecule has 5 atom stereocenters. The third-order valence-electron chi connectivity index (χ3n) is 5.95. The molecular formula is C24H29FN2O5. The predicted molar refractivity (Wildman–Crippen MR) is 116 cm³/mol. The fraction of sp³-hybridized carbons (Fsp3) is 0.458. The van der Waals surface area contributed by atoms with E-state index < -0.39 is 12.2 Å². The maximum atomic E-state index is 13.0. The molecule has 2 aromatic carbocycles. The van der Waals surface area contributed by atoms with Crippen molar-refractivity contribution in [3.05, 3.63) is 65.5 Å². The molecule has 2 aliphatic heterocycles. The second-order valence-electron chi connectivity index (χ2n) is 8.21. The number of amides is 1. The molecular weight excluding hydrogens is 415 g/mol. The molecule has 2 aliphatic rings. The molecule has 7 nitrogen and oxygen atoms in total. The molecule has 172 valence electrons. The summed E-state index contributed by atoms with van der Waals surface area (Å²) in [6.07, 6.45) is -1.31. The van der Waals surface area contributed by atoms with Crippen molar-refractivity contribution < 1.29 is 28.5 Å². The van der Waals surface area contributed by atoms with E-state index in [0.29, 0.717) is 26.1 Å². The van der Waals surface area contributed by atoms with Crippen LogP contribution < -0.4 is 15.4 Å². The lowest BCUT2D eigenvalue weighted by molar-refractivity contribution is -0.124. The number of nitrogens with one attached hydrogen (secondary N) is 2. The summed E-state index contributed by atoms with van der Waals surface area (Å²) in [6.45, 7) is 1.42. The van der Waals surface area contributed by atoms with E-state index in [0.717, 1.165) is 16.9 Å². The minimum Gasteiger partial charge on any atom is -0.496 e. The van der Waals surface area contributed by atoms with Crippen LogP contribution >= 0.6 is 0 Å². The summed E-state index contributed by atoms with van der Waals surface area (Å²) >= 11 is 0. The van der Waals surface area contributed by atoms with Crippen LogP contribution in [0.5, 0.6) is 5.75 Å². The van der Waals surface area contributed by atoms with Gasteiger partial charge in [-0.3, -0.25) is 4.79 Å². The second kappa shape index (κ2) is 10.4. The van der Waals surface area contributed by atoms with Gasteiger partial charge < -0.3 is 30.0 Å². The van der Waals surface area contributed by atoms with Gasteiger partial charge in [-0.05, 0) is 23.8 Å². The van der Waals surface area contributed by atoms with Crippen molar-refractivity contribution in [1.82, 2.24) is 10.6 Å². The normalized spacial score (nSPS) is 26.7. The zero-order valence-electron chi connectivity index (χ0n) is 18.0. The average Bonchev–Trinajstić information content (AvgIpc) is 3.32. The van der Waals surface area contributed by atoms with Crippen LogP contribution in [0.1, 0.15) is 24.0 Å². The van der Waals surface area contributed by atoms with E-state index in [2.05, 4.69) is 10.6 Å². The van der Waals surface area contributed by atoms with E-state index in [1.807, 2.05) is 24.3 Å². The highest BCUT2D eigenvalue weighted by Gasteiger charge is 2.50. The largest absolute Gasteiger partial charge is 0.496 e. The number of hydrogen-bond acceptors (Lipinski definition) is 6. The van der Waals surface area contributed by atoms with Crippen molar-refractivity contribution in [2.75, 3.05) is 13.7 Å². The van der Waals surface area contributed by atoms with Gasteiger partial charge in [-0.25, -0.2) is 4.39 Å². The minimum atomic E-state index is -0.752. The van der Waals surface area contributed by atoms with Crippen LogP contribution in [0.2, 0.25) is 0 Å². The summed E-state index contributed by atoms with van der Waals surface area (Å²) in [5, 5.41) is 16.8. The van der Waals surface area contributed by atoms with Gasteiger partial charge in [0.25, 0.3) is 0 Å². The van der Waals surface area contributed by atoms with Crippen LogP contribution in [0.25, 0.3) is 0 Å². The fourth-order valence-electron chi connectivity index (χ4n) is 4.29. The Bertz CT molecular complexity index is 910. The maximum Gasteiger partial charge on any atom is 0.222 e. The molecule has 3 N–H and O–H groups in total. The molecule has 5 unspecified atom stereocenters. The highest BCUT2D eigenvalue weighted by atomic mass is 19.1. The molecule has 2 saturated heterocycles. The Hall–Kier alpha value is -2.52. The van der Waals surface area contributed by atoms with Gasteiger partial charge in [0, 0.05) is 31.6 Å². The van der Waals surface area contributed by atoms with Gasteiger partial charge >= 0.3 is 0 Å². The molecule has 0 aliphatic carbocycles. The van der Waals surface area contributed by atoms with E-state index in [1.165, 1.54) is 12.1 Å². The number of benzene rings is 2. The summed E-state index contributed by atoms with van der Waals surface area (Å²) in [5.74, 6) is 0.357. The molecule has 2 fully saturated rings. The number of halogens is 1. The molecule has 4 rings (SSSR count). The van der Waals surface area contributed by atoms with Crippen molar-refractivity contribution in [2.45, 2.75) is 56.5 Å². The van der Waals surface area contributed by atoms with Crippen LogP contribution in [0, 0.1) is 5.82 Å². The molecule has 0 spiro atoms. The van der Waals surface area contributed by atoms with Gasteiger partial charge in [-0.1, -0.05) is 30.3 Å². The lowest BCUT2D eigenvalue weighted by Crippen LogP contribution is -2.39. The van der Waals surface area contributed by atoms with E-state index in [4.69, 9.17) is 14.2 Å². The fourth-order valence-corrected chi connectivity index (χ4v) is 4.29. The standard InChI is InChI=1S/C24H29FN2O5/c1-30-19-5-3-2-4-16(19)13-26-14-21-23(29)24-20(32-21)10-18(31-24)11-22(28)27-12-15-6-8-17(25)9-7-15/h2-9,18,20-21,23-24,26,29H,10-14H2,1H3,(H,27,28). The van der Waals surface area contributed by atoms with Gasteiger partial charge in [0.15, 0.2) is 0 Å². The molecule has 1 amide bonds. The number of ether oxygens (including phenoxy) is 3. The number of methoxy groups -OCH3 is 1. The minimum absolute atomic E-state index is 0.149. The van der Waals surface area contributed by atoms with Gasteiger partial charge in [-0.15, -0.1) is 0 Å². The van der Waals surface area contributed by atoms with Gasteiger partial charge in [0.2, 0.25) is 5.91 Å². The first-order valence-corrected chi connectivity index (χ1v) is 10.9. The summed E-state index contributed by atoms with van der Waals surface area (Å²) in [6, 6.07) is 13.8. The van der Waals surface area contributed by atoms with E-state index >= 15 is 0 Å². The van der Waals surface area contributed by atoms with Crippen molar-refractivity contribution in [1.29, 1.82) is 0 Å². The molecule has 8 heteroatoms.